The van der Waals surface area contributed by atoms with Gasteiger partial charge in [0.15, 0.2) is 0 Å². The van der Waals surface area contributed by atoms with Crippen molar-refractivity contribution in [2.24, 2.45) is 0 Å². The molecule has 3 aromatic rings. The van der Waals surface area contributed by atoms with Crippen molar-refractivity contribution in [2.75, 3.05) is 36.4 Å². The molecule has 2 N–H and O–H groups in total. The highest BCUT2D eigenvalue weighted by molar-refractivity contribution is 6.31. The average Bonchev–Trinajstić information content (AvgIpc) is 3.19. The first-order valence-corrected chi connectivity index (χ1v) is 11.5. The predicted octanol–water partition coefficient (Wildman–Crippen LogP) is 3.92. The number of amides is 1. The van der Waals surface area contributed by atoms with Crippen LogP contribution in [0.3, 0.4) is 0 Å². The molecular weight excluding hydrogens is 457 g/mol. The molecule has 5 rings (SSSR count). The van der Waals surface area contributed by atoms with E-state index in [0.717, 1.165) is 16.8 Å². The molecule has 1 amide bonds. The van der Waals surface area contributed by atoms with E-state index in [1.165, 1.54) is 18.2 Å². The van der Waals surface area contributed by atoms with Crippen molar-refractivity contribution in [2.45, 2.75) is 19.9 Å². The van der Waals surface area contributed by atoms with Crippen LogP contribution in [0, 0.1) is 12.7 Å². The summed E-state index contributed by atoms with van der Waals surface area (Å²) < 4.78 is 15.0. The van der Waals surface area contributed by atoms with Gasteiger partial charge in [-0.2, -0.15) is 0 Å². The lowest BCUT2D eigenvalue weighted by atomic mass is 9.93. The van der Waals surface area contributed by atoms with Gasteiger partial charge in [-0.15, -0.1) is 0 Å². The molecule has 1 atom stereocenters. The minimum atomic E-state index is -0.488. The fourth-order valence-electron chi connectivity index (χ4n) is 4.72. The first kappa shape index (κ1) is 22.3. The lowest BCUT2D eigenvalue weighted by Gasteiger charge is -2.38. The fourth-order valence-corrected chi connectivity index (χ4v) is 4.84. The number of hydrogen-bond donors (Lipinski definition) is 2. The largest absolute Gasteiger partial charge is 0.368 e. The molecule has 0 aliphatic carbocycles. The van der Waals surface area contributed by atoms with E-state index < -0.39 is 6.04 Å². The van der Waals surface area contributed by atoms with Crippen LogP contribution in [0.2, 0.25) is 5.02 Å². The molecule has 1 unspecified atom stereocenters. The summed E-state index contributed by atoms with van der Waals surface area (Å²) in [6.07, 6.45) is 0. The van der Waals surface area contributed by atoms with Crippen molar-refractivity contribution in [3.63, 3.8) is 0 Å². The summed E-state index contributed by atoms with van der Waals surface area (Å²) in [5, 5.41) is 6.69. The lowest BCUT2D eigenvalue weighted by molar-refractivity contribution is -0.128. The number of nitrogens with one attached hydrogen (secondary N) is 2. The average molecular weight is 482 g/mol. The zero-order chi connectivity index (χ0) is 24.0. The van der Waals surface area contributed by atoms with Crippen molar-refractivity contribution >= 4 is 29.0 Å². The Kier molecular flexibility index (Phi) is 5.69. The van der Waals surface area contributed by atoms with Crippen LogP contribution >= 0.6 is 11.6 Å². The molecule has 7 nitrogen and oxygen atoms in total. The number of piperazine rings is 1. The summed E-state index contributed by atoms with van der Waals surface area (Å²) in [5.41, 5.74) is 3.74. The second kappa shape index (κ2) is 8.68. The van der Waals surface area contributed by atoms with Crippen molar-refractivity contribution < 1.29 is 9.18 Å². The summed E-state index contributed by atoms with van der Waals surface area (Å²) in [5.74, 6) is 0.259. The van der Waals surface area contributed by atoms with Gasteiger partial charge in [-0.3, -0.25) is 19.4 Å². The zero-order valence-electron chi connectivity index (χ0n) is 18.9. The number of allylic oxidation sites excluding steroid dienone is 1. The maximum absolute atomic E-state index is 13.8. The number of benzene rings is 2. The molecule has 2 aliphatic heterocycles. The number of fused-ring (bicyclic) bond motifs is 1. The van der Waals surface area contributed by atoms with Gasteiger partial charge in [-0.1, -0.05) is 23.7 Å². The summed E-state index contributed by atoms with van der Waals surface area (Å²) in [6.45, 7) is 6.14. The summed E-state index contributed by atoms with van der Waals surface area (Å²) in [7, 11) is 0. The highest BCUT2D eigenvalue weighted by Crippen LogP contribution is 2.37. The number of aromatic amines is 1. The van der Waals surface area contributed by atoms with E-state index in [-0.39, 0.29) is 17.3 Å². The molecule has 2 aromatic carbocycles. The molecule has 1 fully saturated rings. The Balaban J connectivity index is 1.44. The minimum absolute atomic E-state index is 0.0819. The third-order valence-corrected chi connectivity index (χ3v) is 6.92. The van der Waals surface area contributed by atoms with Gasteiger partial charge in [0.25, 0.3) is 11.5 Å². The number of hydrogen-bond acceptors (Lipinski definition) is 4. The van der Waals surface area contributed by atoms with Crippen LogP contribution in [-0.4, -0.2) is 46.8 Å². The minimum Gasteiger partial charge on any atom is -0.368 e. The Labute approximate surface area is 201 Å². The molecule has 1 aromatic heterocycles. The number of anilines is 2. The highest BCUT2D eigenvalue weighted by Gasteiger charge is 2.36. The number of halogens is 2. The Morgan fingerprint density at radius 3 is 2.41 bits per heavy atom. The number of nitrogens with zero attached hydrogens (tertiary/aromatic N) is 3. The maximum Gasteiger partial charge on any atom is 0.266 e. The second-order valence-corrected chi connectivity index (χ2v) is 9.11. The number of rotatable bonds is 3. The van der Waals surface area contributed by atoms with Crippen molar-refractivity contribution in [1.82, 2.24) is 14.7 Å². The topological polar surface area (TPSA) is 73.4 Å². The van der Waals surface area contributed by atoms with E-state index in [1.807, 2.05) is 36.9 Å². The van der Waals surface area contributed by atoms with Gasteiger partial charge in [-0.05, 0) is 55.3 Å². The van der Waals surface area contributed by atoms with E-state index >= 15 is 0 Å². The van der Waals surface area contributed by atoms with E-state index in [4.69, 9.17) is 11.6 Å². The zero-order valence-corrected chi connectivity index (χ0v) is 19.7. The SMILES string of the molecule is CC1=C(C(=O)N2CCN(c3ccc(F)cc3)CC2)C(c2ccc(Cl)c(C)c2)n2[nH]c(=O)cc2N1. The van der Waals surface area contributed by atoms with Crippen LogP contribution in [0.4, 0.5) is 15.9 Å². The van der Waals surface area contributed by atoms with Gasteiger partial charge in [0.05, 0.1) is 5.57 Å². The summed E-state index contributed by atoms with van der Waals surface area (Å²) >= 11 is 6.26. The second-order valence-electron chi connectivity index (χ2n) is 8.71. The van der Waals surface area contributed by atoms with E-state index in [1.54, 1.807) is 16.8 Å². The van der Waals surface area contributed by atoms with E-state index in [9.17, 15) is 14.0 Å². The number of aryl methyl sites for hydroxylation is 1. The number of H-pyrrole nitrogens is 1. The first-order chi connectivity index (χ1) is 16.3. The Bertz CT molecular complexity index is 1340. The molecule has 0 radical (unpaired) electrons. The van der Waals surface area contributed by atoms with E-state index in [0.29, 0.717) is 48.3 Å². The van der Waals surface area contributed by atoms with Gasteiger partial charge in [0, 0.05) is 48.7 Å². The Morgan fingerprint density at radius 2 is 1.74 bits per heavy atom. The lowest BCUT2D eigenvalue weighted by Crippen LogP contribution is -2.50. The highest BCUT2D eigenvalue weighted by atomic mass is 35.5. The number of carbonyl (C=O) groups is 1. The van der Waals surface area contributed by atoms with Crippen LogP contribution in [0.15, 0.2) is 64.6 Å². The Morgan fingerprint density at radius 1 is 1.03 bits per heavy atom. The van der Waals surface area contributed by atoms with Crippen molar-refractivity contribution in [1.29, 1.82) is 0 Å². The normalized spacial score (nSPS) is 18.1. The third-order valence-electron chi connectivity index (χ3n) is 6.50. The van der Waals surface area contributed by atoms with Gasteiger partial charge in [0.2, 0.25) is 0 Å². The molecule has 0 bridgehead atoms. The van der Waals surface area contributed by atoms with Crippen LogP contribution in [0.25, 0.3) is 0 Å². The van der Waals surface area contributed by atoms with Crippen LogP contribution in [0.5, 0.6) is 0 Å². The monoisotopic (exact) mass is 481 g/mol. The van der Waals surface area contributed by atoms with Gasteiger partial charge < -0.3 is 15.1 Å². The molecular formula is C25H25ClFN5O2. The van der Waals surface area contributed by atoms with Crippen molar-refractivity contribution in [3.8, 4) is 0 Å². The molecule has 1 saturated heterocycles. The molecule has 9 heteroatoms. The predicted molar refractivity (Wildman–Crippen MR) is 131 cm³/mol. The third kappa shape index (κ3) is 3.98. The van der Waals surface area contributed by atoms with Crippen LogP contribution in [0.1, 0.15) is 24.1 Å². The maximum atomic E-state index is 13.8. The molecule has 176 valence electrons. The number of aromatic nitrogens is 2. The molecule has 34 heavy (non-hydrogen) atoms. The molecule has 0 spiro atoms. The fraction of sp³-hybridized carbons (Fsp3) is 0.280. The Hall–Kier alpha value is -3.52. The smallest absolute Gasteiger partial charge is 0.266 e. The van der Waals surface area contributed by atoms with Crippen molar-refractivity contribution in [3.05, 3.63) is 92.1 Å². The molecule has 0 saturated carbocycles. The van der Waals surface area contributed by atoms with E-state index in [2.05, 4.69) is 15.3 Å². The molecule has 3 heterocycles. The number of carbonyl (C=O) groups excluding carboxylic acids is 1. The van der Waals surface area contributed by atoms with Gasteiger partial charge >= 0.3 is 0 Å². The standard InChI is InChI=1S/C25H25ClFN5O2/c1-15-13-17(3-8-20(15)26)24-23(16(2)28-21-14-22(33)29-32(21)24)25(34)31-11-9-30(10-12-31)19-6-4-18(27)5-7-19/h3-8,13-14,24,28H,9-12H2,1-2H3,(H,29,33). The summed E-state index contributed by atoms with van der Waals surface area (Å²) in [4.78, 5) is 30.0. The first-order valence-electron chi connectivity index (χ1n) is 11.2. The molecule has 2 aliphatic rings. The van der Waals surface area contributed by atoms with Gasteiger partial charge in [0.1, 0.15) is 17.7 Å². The van der Waals surface area contributed by atoms with Crippen LogP contribution in [-0.2, 0) is 4.79 Å². The summed E-state index contributed by atoms with van der Waals surface area (Å²) in [6, 6.07) is 13.1. The van der Waals surface area contributed by atoms with Crippen LogP contribution < -0.4 is 15.8 Å². The van der Waals surface area contributed by atoms with Gasteiger partial charge in [-0.25, -0.2) is 4.39 Å². The quantitative estimate of drug-likeness (QED) is 0.595.